The van der Waals surface area contributed by atoms with Gasteiger partial charge in [0.25, 0.3) is 0 Å². The van der Waals surface area contributed by atoms with E-state index >= 15 is 0 Å². The van der Waals surface area contributed by atoms with E-state index in [9.17, 15) is 0 Å². The van der Waals surface area contributed by atoms with Crippen LogP contribution in [0.4, 0.5) is 0 Å². The van der Waals surface area contributed by atoms with E-state index < -0.39 is 0 Å². The number of nitrogens with one attached hydrogen (secondary N) is 2. The summed E-state index contributed by atoms with van der Waals surface area (Å²) >= 11 is 0. The van der Waals surface area contributed by atoms with Gasteiger partial charge in [0.15, 0.2) is 0 Å². The van der Waals surface area contributed by atoms with Crippen molar-refractivity contribution in [1.82, 2.24) is 10.6 Å². The summed E-state index contributed by atoms with van der Waals surface area (Å²) in [5, 5.41) is 6.47. The molecule has 1 aliphatic carbocycles. The summed E-state index contributed by atoms with van der Waals surface area (Å²) in [5.41, 5.74) is 6.70. The fraction of sp³-hybridized carbons (Fsp3) is 0.600. The predicted octanol–water partition coefficient (Wildman–Crippen LogP) is 0.662. The van der Waals surface area contributed by atoms with Gasteiger partial charge in [-0.3, -0.25) is 0 Å². The molecule has 0 bridgehead atoms. The van der Waals surface area contributed by atoms with Crippen molar-refractivity contribution in [3.8, 4) is 0 Å². The van der Waals surface area contributed by atoms with Gasteiger partial charge in [-0.05, 0) is 18.8 Å². The van der Waals surface area contributed by atoms with Gasteiger partial charge in [-0.2, -0.15) is 0 Å². The molecule has 1 unspecified atom stereocenters. The van der Waals surface area contributed by atoms with E-state index in [1.807, 2.05) is 0 Å². The Morgan fingerprint density at radius 3 is 2.46 bits per heavy atom. The molecule has 0 aromatic heterocycles. The molecule has 1 atom stereocenters. The molecular formula is C10H17N3. The third-order valence-corrected chi connectivity index (χ3v) is 3.34. The van der Waals surface area contributed by atoms with Crippen LogP contribution >= 0.6 is 0 Å². The van der Waals surface area contributed by atoms with Crippen LogP contribution in [-0.4, -0.2) is 12.1 Å². The average Bonchev–Trinajstić information content (AvgIpc) is 2.24. The van der Waals surface area contributed by atoms with E-state index in [0.717, 1.165) is 11.5 Å². The predicted molar refractivity (Wildman–Crippen MR) is 53.7 cm³/mol. The lowest BCUT2D eigenvalue weighted by atomic mass is 9.70. The first-order valence-electron chi connectivity index (χ1n) is 4.82. The maximum absolute atomic E-state index is 5.83. The molecule has 0 radical (unpaired) electrons. The normalized spacial score (nSPS) is 33.9. The van der Waals surface area contributed by atoms with E-state index in [-0.39, 0.29) is 5.54 Å². The highest BCUT2D eigenvalue weighted by Gasteiger charge is 2.46. The highest BCUT2D eigenvalue weighted by molar-refractivity contribution is 5.31. The minimum atomic E-state index is -0.116. The van der Waals surface area contributed by atoms with Gasteiger partial charge >= 0.3 is 0 Å². The van der Waals surface area contributed by atoms with Crippen molar-refractivity contribution in [3.05, 3.63) is 24.7 Å². The maximum atomic E-state index is 5.83. The lowest BCUT2D eigenvalue weighted by Crippen LogP contribution is -2.55. The van der Waals surface area contributed by atoms with Crippen molar-refractivity contribution in [2.45, 2.75) is 24.8 Å². The highest BCUT2D eigenvalue weighted by atomic mass is 15.2. The summed E-state index contributed by atoms with van der Waals surface area (Å²) in [5.74, 6) is 1.47. The SMILES string of the molecule is C=C1NC(=C)C(CN)(C2CCC2)N1. The smallest absolute Gasteiger partial charge is 0.0963 e. The molecule has 0 aromatic carbocycles. The fourth-order valence-electron chi connectivity index (χ4n) is 2.26. The Morgan fingerprint density at radius 2 is 2.15 bits per heavy atom. The van der Waals surface area contributed by atoms with Gasteiger partial charge in [0.2, 0.25) is 0 Å². The van der Waals surface area contributed by atoms with Crippen LogP contribution < -0.4 is 16.4 Å². The van der Waals surface area contributed by atoms with Crippen LogP contribution in [0, 0.1) is 5.92 Å². The summed E-state index contributed by atoms with van der Waals surface area (Å²) in [6.45, 7) is 8.47. The average molecular weight is 179 g/mol. The zero-order valence-corrected chi connectivity index (χ0v) is 7.90. The molecule has 0 amide bonds. The third-order valence-electron chi connectivity index (χ3n) is 3.34. The number of rotatable bonds is 2. The van der Waals surface area contributed by atoms with Crippen molar-refractivity contribution in [3.63, 3.8) is 0 Å². The molecule has 3 nitrogen and oxygen atoms in total. The Morgan fingerprint density at radius 1 is 1.46 bits per heavy atom. The van der Waals surface area contributed by atoms with E-state index in [4.69, 9.17) is 5.73 Å². The van der Waals surface area contributed by atoms with Gasteiger partial charge in [-0.25, -0.2) is 0 Å². The molecule has 2 aliphatic rings. The van der Waals surface area contributed by atoms with E-state index in [2.05, 4.69) is 23.8 Å². The molecule has 0 aromatic rings. The molecule has 13 heavy (non-hydrogen) atoms. The van der Waals surface area contributed by atoms with Gasteiger partial charge in [-0.1, -0.05) is 19.6 Å². The second-order valence-corrected chi connectivity index (χ2v) is 4.01. The van der Waals surface area contributed by atoms with Crippen molar-refractivity contribution in [1.29, 1.82) is 0 Å². The first-order valence-corrected chi connectivity index (χ1v) is 4.82. The zero-order chi connectivity index (χ0) is 9.47. The fourth-order valence-corrected chi connectivity index (χ4v) is 2.26. The molecule has 1 saturated heterocycles. The second kappa shape index (κ2) is 2.77. The third kappa shape index (κ3) is 1.07. The standard InChI is InChI=1S/C10H17N3/c1-7-10(6-11,9-4-3-5-9)13-8(2)12-7/h9,12-13H,1-6,11H2. The zero-order valence-electron chi connectivity index (χ0n) is 7.90. The first-order chi connectivity index (χ1) is 6.19. The Kier molecular flexibility index (Phi) is 1.84. The van der Waals surface area contributed by atoms with Crippen LogP contribution in [0.5, 0.6) is 0 Å². The number of nitrogens with two attached hydrogens (primary N) is 1. The molecule has 1 aliphatic heterocycles. The number of hydrogen-bond donors (Lipinski definition) is 3. The Bertz CT molecular complexity index is 255. The first kappa shape index (κ1) is 8.63. The van der Waals surface area contributed by atoms with Crippen LogP contribution in [0.2, 0.25) is 0 Å². The van der Waals surface area contributed by atoms with E-state index in [1.165, 1.54) is 19.3 Å². The monoisotopic (exact) mass is 179 g/mol. The summed E-state index contributed by atoms with van der Waals surface area (Å²) in [4.78, 5) is 0. The molecule has 72 valence electrons. The highest BCUT2D eigenvalue weighted by Crippen LogP contribution is 2.41. The van der Waals surface area contributed by atoms with Gasteiger partial charge in [0, 0.05) is 12.2 Å². The minimum absolute atomic E-state index is 0.116. The largest absolute Gasteiger partial charge is 0.360 e. The van der Waals surface area contributed by atoms with Gasteiger partial charge in [0.1, 0.15) is 0 Å². The van der Waals surface area contributed by atoms with Crippen LogP contribution in [0.25, 0.3) is 0 Å². The van der Waals surface area contributed by atoms with E-state index in [1.54, 1.807) is 0 Å². The van der Waals surface area contributed by atoms with Crippen LogP contribution in [0.3, 0.4) is 0 Å². The van der Waals surface area contributed by atoms with E-state index in [0.29, 0.717) is 12.5 Å². The lowest BCUT2D eigenvalue weighted by Gasteiger charge is -2.42. The molecule has 2 fully saturated rings. The Balaban J connectivity index is 2.23. The topological polar surface area (TPSA) is 50.1 Å². The summed E-state index contributed by atoms with van der Waals surface area (Å²) in [6.07, 6.45) is 3.81. The Labute approximate surface area is 79.1 Å². The van der Waals surface area contributed by atoms with Crippen LogP contribution in [0.15, 0.2) is 24.7 Å². The van der Waals surface area contributed by atoms with Crippen molar-refractivity contribution in [2.24, 2.45) is 11.7 Å². The molecule has 2 rings (SSSR count). The van der Waals surface area contributed by atoms with Crippen molar-refractivity contribution < 1.29 is 0 Å². The molecule has 4 N–H and O–H groups in total. The summed E-state index contributed by atoms with van der Waals surface area (Å²) in [6, 6.07) is 0. The van der Waals surface area contributed by atoms with Crippen molar-refractivity contribution in [2.75, 3.05) is 6.54 Å². The summed E-state index contributed by atoms with van der Waals surface area (Å²) < 4.78 is 0. The van der Waals surface area contributed by atoms with Crippen LogP contribution in [-0.2, 0) is 0 Å². The Hall–Kier alpha value is -0.960. The molecule has 0 spiro atoms. The van der Waals surface area contributed by atoms with Crippen molar-refractivity contribution >= 4 is 0 Å². The van der Waals surface area contributed by atoms with Crippen LogP contribution in [0.1, 0.15) is 19.3 Å². The molecule has 1 heterocycles. The van der Waals surface area contributed by atoms with Gasteiger partial charge in [0.05, 0.1) is 11.4 Å². The minimum Gasteiger partial charge on any atom is -0.360 e. The number of hydrogen-bond acceptors (Lipinski definition) is 3. The summed E-state index contributed by atoms with van der Waals surface area (Å²) in [7, 11) is 0. The maximum Gasteiger partial charge on any atom is 0.0963 e. The quantitative estimate of drug-likeness (QED) is 0.583. The second-order valence-electron chi connectivity index (χ2n) is 4.01. The van der Waals surface area contributed by atoms with Gasteiger partial charge in [-0.15, -0.1) is 0 Å². The molecule has 3 heteroatoms. The molecule has 1 saturated carbocycles. The molecular weight excluding hydrogens is 162 g/mol. The van der Waals surface area contributed by atoms with Gasteiger partial charge < -0.3 is 16.4 Å². The lowest BCUT2D eigenvalue weighted by molar-refractivity contribution is 0.186.